The van der Waals surface area contributed by atoms with Crippen molar-refractivity contribution < 1.29 is 98.4 Å². The molecule has 38 heteroatoms. The summed E-state index contributed by atoms with van der Waals surface area (Å²) < 4.78 is 29.7. The highest BCUT2D eigenvalue weighted by atomic mass is 127. The third-order valence-electron chi connectivity index (χ3n) is 10.5. The molecule has 476 valence electrons. The smallest absolute Gasteiger partial charge is 0.348 e. The van der Waals surface area contributed by atoms with Crippen molar-refractivity contribution in [1.29, 1.82) is 0 Å². The van der Waals surface area contributed by atoms with Gasteiger partial charge in [-0.2, -0.15) is 24.7 Å². The molecule has 0 saturated heterocycles. The Morgan fingerprint density at radius 3 is 1.36 bits per heavy atom. The maximum Gasteiger partial charge on any atom is 0.348 e. The molecule has 10 aromatic rings. The average Bonchev–Trinajstić information content (AvgIpc) is 2.01. The molecule has 0 spiro atoms. The van der Waals surface area contributed by atoms with Crippen LogP contribution in [-0.2, 0) is 23.7 Å². The molecule has 0 saturated carbocycles. The maximum atomic E-state index is 11.3. The fourth-order valence-electron chi connectivity index (χ4n) is 6.30. The number of aromatic amines is 1. The second-order valence-corrected chi connectivity index (χ2v) is 26.7. The van der Waals surface area contributed by atoms with Crippen LogP contribution >= 0.6 is 125 Å². The van der Waals surface area contributed by atoms with Crippen molar-refractivity contribution in [3.05, 3.63) is 126 Å². The highest BCUT2D eigenvalue weighted by Crippen LogP contribution is 2.32. The number of halogens is 2. The molecule has 0 bridgehead atoms. The maximum absolute atomic E-state index is 11.3. The van der Waals surface area contributed by atoms with Crippen LogP contribution in [0.15, 0.2) is 54.7 Å². The summed E-state index contributed by atoms with van der Waals surface area (Å²) in [5.74, 6) is -4.04. The van der Waals surface area contributed by atoms with E-state index in [1.165, 1.54) is 139 Å². The van der Waals surface area contributed by atoms with Crippen LogP contribution in [0.25, 0.3) is 30.6 Å². The molecule has 0 radical (unpaired) electrons. The van der Waals surface area contributed by atoms with Crippen LogP contribution < -0.4 is 16.1 Å². The number of nitrogen functional groups attached to an aromatic ring is 1. The second-order valence-electron chi connectivity index (χ2n) is 16.3. The lowest BCUT2D eigenvalue weighted by Crippen LogP contribution is -2.55. The van der Waals surface area contributed by atoms with Gasteiger partial charge in [0, 0.05) is 61.6 Å². The first kappa shape index (κ1) is 77.4. The predicted molar refractivity (Wildman–Crippen MR) is 350 cm³/mol. The number of anilines is 1. The van der Waals surface area contributed by atoms with Crippen molar-refractivity contribution in [2.45, 2.75) is 41.5 Å². The molecule has 9 N–H and O–H groups in total. The number of carboxylic acids is 2. The number of esters is 5. The molecule has 0 amide bonds. The molecule has 0 aromatic carbocycles. The first-order valence-corrected chi connectivity index (χ1v) is 31.5. The monoisotopic (exact) mass is 1590 g/mol. The Morgan fingerprint density at radius 2 is 0.966 bits per heavy atom. The zero-order valence-electron chi connectivity index (χ0n) is 47.9. The summed E-state index contributed by atoms with van der Waals surface area (Å²) in [6.07, 6.45) is 1.56. The van der Waals surface area contributed by atoms with E-state index in [1.807, 2.05) is 36.4 Å². The van der Waals surface area contributed by atoms with Crippen LogP contribution in [0.4, 0.5) is 17.1 Å². The Bertz CT molecular complexity index is 4160. The minimum atomic E-state index is -1.00. The van der Waals surface area contributed by atoms with Gasteiger partial charge in [0.15, 0.2) is 0 Å². The lowest BCUT2D eigenvalue weighted by molar-refractivity contribution is -0.380. The molecule has 10 rings (SSSR count). The van der Waals surface area contributed by atoms with Gasteiger partial charge in [0.25, 0.3) is 11.4 Å². The predicted octanol–water partition coefficient (Wildman–Crippen LogP) is 9.09. The number of carbonyl (C=O) groups excluding carboxylic acids is 7. The van der Waals surface area contributed by atoms with E-state index >= 15 is 0 Å². The number of nitroso groups, excluding NO2 is 2. The lowest BCUT2D eigenvalue weighted by Gasteiger charge is -1.94. The minimum absolute atomic E-state index is 0. The summed E-state index contributed by atoms with van der Waals surface area (Å²) in [6, 6.07) is 12.8. The molecule has 0 unspecified atom stereocenters. The summed E-state index contributed by atoms with van der Waals surface area (Å²) in [5, 5.41) is 35.2. The van der Waals surface area contributed by atoms with E-state index in [-0.39, 0.29) is 39.6 Å². The van der Waals surface area contributed by atoms with Crippen molar-refractivity contribution in [3.8, 4) is 0 Å². The number of carboxylic acid groups (broad SMARTS) is 2. The molecule has 89 heavy (non-hydrogen) atoms. The Labute approximate surface area is 557 Å². The molecule has 29 nitrogen and oxygen atoms in total. The van der Waals surface area contributed by atoms with E-state index in [9.17, 15) is 53.0 Å². The largest absolute Gasteiger partial charge is 0.870 e. The van der Waals surface area contributed by atoms with E-state index in [2.05, 4.69) is 66.7 Å². The van der Waals surface area contributed by atoms with Gasteiger partial charge >= 0.3 is 41.8 Å². The minimum Gasteiger partial charge on any atom is -0.870 e. The van der Waals surface area contributed by atoms with Gasteiger partial charge in [0.05, 0.1) is 76.6 Å². The zero-order chi connectivity index (χ0) is 65.1. The van der Waals surface area contributed by atoms with Crippen LogP contribution in [0.5, 0.6) is 0 Å². The van der Waals surface area contributed by atoms with Gasteiger partial charge in [-0.25, -0.2) is 33.6 Å². The highest BCUT2D eigenvalue weighted by molar-refractivity contribution is 14.1. The number of aromatic carboxylic acids is 2. The summed E-state index contributed by atoms with van der Waals surface area (Å²) in [5.41, 5.74) is 9.07. The Morgan fingerprint density at radius 1 is 0.539 bits per heavy atom. The Hall–Kier alpha value is -7.68. The van der Waals surface area contributed by atoms with Gasteiger partial charge in [-0.1, -0.05) is 0 Å². The number of hydrogen-bond acceptors (Lipinski definition) is 29. The van der Waals surface area contributed by atoms with Crippen molar-refractivity contribution in [1.82, 2.24) is 29.8 Å². The number of H-pyrrole nitrogens is 1. The molecule has 0 aliphatic rings. The molecular weight excluding hydrogens is 1540 g/mol. The topological polar surface area (TPSA) is 453 Å². The first-order valence-electron chi connectivity index (χ1n) is 23.7. The lowest BCUT2D eigenvalue weighted by atomic mass is 10.4. The van der Waals surface area contributed by atoms with Gasteiger partial charge in [0.1, 0.15) is 47.1 Å². The number of methoxy groups -OCH3 is 5. The van der Waals surface area contributed by atoms with E-state index in [0.717, 1.165) is 49.3 Å². The first-order chi connectivity index (χ1) is 41.1. The van der Waals surface area contributed by atoms with Crippen LogP contribution in [0.3, 0.4) is 0 Å². The van der Waals surface area contributed by atoms with Gasteiger partial charge < -0.3 is 50.6 Å². The van der Waals surface area contributed by atoms with Crippen molar-refractivity contribution in [2.75, 3.05) is 41.3 Å². The number of hydrogen-bond donors (Lipinski definition) is 6. The normalized spacial score (nSPS) is 9.85. The van der Waals surface area contributed by atoms with Crippen LogP contribution in [0.1, 0.15) is 111 Å². The molecule has 0 atom stereocenters. The van der Waals surface area contributed by atoms with Crippen LogP contribution in [-0.4, -0.2) is 140 Å². The van der Waals surface area contributed by atoms with Crippen molar-refractivity contribution >= 4 is 226 Å². The number of nitrogens with zero attached hydrogens (tertiary/aromatic N) is 5. The van der Waals surface area contributed by atoms with Gasteiger partial charge in [-0.15, -0.1) is 79.4 Å². The third-order valence-corrected chi connectivity index (χ3v) is 20.1. The summed E-state index contributed by atoms with van der Waals surface area (Å²) in [4.78, 5) is 126. The molecule has 0 aliphatic carbocycles. The Kier molecular flexibility index (Phi) is 31.4. The number of ether oxygens (including phenoxy) is 5. The van der Waals surface area contributed by atoms with Gasteiger partial charge in [-0.05, 0) is 109 Å². The summed E-state index contributed by atoms with van der Waals surface area (Å²) in [6.45, 7) is 10.1. The van der Waals surface area contributed by atoms with Crippen molar-refractivity contribution in [3.63, 3.8) is 0 Å². The van der Waals surface area contributed by atoms with Crippen LogP contribution in [0, 0.1) is 44.9 Å². The number of aryl methyl sites for hydroxylation is 4. The van der Waals surface area contributed by atoms with Crippen LogP contribution in [0.2, 0.25) is 0 Å². The molecule has 0 aliphatic heterocycles. The fourth-order valence-corrected chi connectivity index (χ4v) is 13.9. The van der Waals surface area contributed by atoms with Crippen molar-refractivity contribution in [2.24, 2.45) is 0 Å². The molecule has 0 fully saturated rings. The quantitative estimate of drug-likeness (QED) is 0.0445. The number of rotatable bonds is 9. The van der Waals surface area contributed by atoms with Gasteiger partial charge in [0.2, 0.25) is 11.8 Å². The SMILES string of the molecule is COC(=O)c1cc(N)c(C)s1.COC(=O)c1cc([NH+]=O)c(C)s1.COC(=O)c1cc2c(cnn2C(C)=O)s1.COC(=O)c1cc2c(s1)c(I)nn2C(C)=O.COC(=O)c1cc2n[nH]c(I)c2s1.Cc1ccc(C(=O)O)s1.Cc1sc(C(=O)O)cc1[NH+]=O.[OH-].[OH-]. The number of fused-ring (bicyclic) bond motifs is 3. The Balaban J connectivity index is 0.000000355. The summed E-state index contributed by atoms with van der Waals surface area (Å²) >= 11 is 13.1. The standard InChI is InChI=1S/C9H7IN2O3S.C9H8N2O3S.C7H5IN2O2S.C7H7NO3S.C7H9NO2S.C6H5NO3S.C6H6O2S.2H2O/c1-4(13)12-5-3-6(9(14)15-2)16-7(5)8(10)11-12;1-5(12)11-6-3-7(9(13)14-2)15-8(6)4-10-11;1-12-7(11)4-2-3-5(13-4)6(8)10-9-3;1-4-5(8-10)3-6(12-4)7(9)11-2;1-4-5(8)3-6(11-4)7(9)10-2;1-3-4(7-10)2-5(11-3)6(8)9;1-4-2-3-5(9-4)6(7)8;;/h3H,1-2H3;3-4H,1-2H3;2H,1H3,(H,9,10);3H,1-2H3;3H,8H2,1-2H3;2H,1H3,(H,8,9);2-3H,1H3,(H,7,8);2*1H2. The number of carbonyl (C=O) groups is 9. The summed E-state index contributed by atoms with van der Waals surface area (Å²) in [7, 11) is 6.69. The average molecular weight is 1590 g/mol. The zero-order valence-corrected chi connectivity index (χ0v) is 58.0. The second kappa shape index (κ2) is 36.1. The third kappa shape index (κ3) is 21.0. The molecule has 10 aromatic heterocycles. The number of nitrogens with one attached hydrogen (secondary N) is 3. The number of aromatic nitrogens is 6. The fraction of sp³-hybridized carbons (Fsp3) is 0.216. The molecular formula is C51H51I2N9O20S7. The van der Waals surface area contributed by atoms with E-state index in [1.54, 1.807) is 66.8 Å². The van der Waals surface area contributed by atoms with Gasteiger partial charge in [-0.3, -0.25) is 14.7 Å². The van der Waals surface area contributed by atoms with E-state index in [4.69, 9.17) is 15.9 Å². The number of thiophene rings is 7. The highest BCUT2D eigenvalue weighted by Gasteiger charge is 2.21. The van der Waals surface area contributed by atoms with E-state index in [0.29, 0.717) is 65.9 Å². The molecule has 10 heterocycles. The van der Waals surface area contributed by atoms with E-state index < -0.39 is 29.8 Å². The number of nitrogens with two attached hydrogens (primary N) is 1.